The smallest absolute Gasteiger partial charge is 0.00923 e. The highest BCUT2D eigenvalue weighted by atomic mass is 15.1. The second kappa shape index (κ2) is 6.38. The first-order valence-corrected chi connectivity index (χ1v) is 8.02. The summed E-state index contributed by atoms with van der Waals surface area (Å²) in [6.07, 6.45) is 11.6. The van der Waals surface area contributed by atoms with Gasteiger partial charge in [0, 0.05) is 19.1 Å². The summed E-state index contributed by atoms with van der Waals surface area (Å²) >= 11 is 0. The molecule has 2 aliphatic rings. The summed E-state index contributed by atoms with van der Waals surface area (Å²) in [5.41, 5.74) is 0.545. The number of nitrogens with one attached hydrogen (secondary N) is 1. The number of hydrogen-bond donors (Lipinski definition) is 1. The predicted molar refractivity (Wildman–Crippen MR) is 78.9 cm³/mol. The van der Waals surface area contributed by atoms with Crippen LogP contribution < -0.4 is 5.32 Å². The molecule has 0 radical (unpaired) electrons. The molecule has 1 N–H and O–H groups in total. The van der Waals surface area contributed by atoms with E-state index >= 15 is 0 Å². The molecule has 0 spiro atoms. The van der Waals surface area contributed by atoms with Crippen LogP contribution in [0.15, 0.2) is 0 Å². The van der Waals surface area contributed by atoms with Gasteiger partial charge >= 0.3 is 0 Å². The predicted octanol–water partition coefficient (Wildman–Crippen LogP) is 3.28. The highest BCUT2D eigenvalue weighted by molar-refractivity contribution is 4.90. The number of rotatable bonds is 6. The van der Waals surface area contributed by atoms with Gasteiger partial charge in [-0.3, -0.25) is 0 Å². The van der Waals surface area contributed by atoms with Gasteiger partial charge in [0.05, 0.1) is 0 Å². The Morgan fingerprint density at radius 1 is 1.17 bits per heavy atom. The van der Waals surface area contributed by atoms with Gasteiger partial charge in [-0.25, -0.2) is 0 Å². The van der Waals surface area contributed by atoms with Crippen LogP contribution in [-0.4, -0.2) is 38.1 Å². The van der Waals surface area contributed by atoms with E-state index in [4.69, 9.17) is 0 Å². The van der Waals surface area contributed by atoms with Crippen molar-refractivity contribution in [3.63, 3.8) is 0 Å². The van der Waals surface area contributed by atoms with Crippen molar-refractivity contribution in [2.75, 3.05) is 27.2 Å². The van der Waals surface area contributed by atoms with Crippen LogP contribution in [0, 0.1) is 11.3 Å². The van der Waals surface area contributed by atoms with Gasteiger partial charge in [-0.2, -0.15) is 0 Å². The van der Waals surface area contributed by atoms with Crippen LogP contribution >= 0.6 is 0 Å². The Morgan fingerprint density at radius 3 is 2.28 bits per heavy atom. The van der Waals surface area contributed by atoms with Crippen LogP contribution in [0.4, 0.5) is 0 Å². The zero-order valence-electron chi connectivity index (χ0n) is 12.7. The summed E-state index contributed by atoms with van der Waals surface area (Å²) < 4.78 is 0. The van der Waals surface area contributed by atoms with Gasteiger partial charge in [-0.05, 0) is 58.0 Å². The van der Waals surface area contributed by atoms with Crippen molar-refractivity contribution in [1.82, 2.24) is 10.2 Å². The van der Waals surface area contributed by atoms with Crippen LogP contribution in [0.1, 0.15) is 58.3 Å². The largest absolute Gasteiger partial charge is 0.319 e. The molecule has 2 rings (SSSR count). The van der Waals surface area contributed by atoms with Crippen molar-refractivity contribution < 1.29 is 0 Å². The molecule has 2 nitrogen and oxygen atoms in total. The average Bonchev–Trinajstić information content (AvgIpc) is 3.15. The van der Waals surface area contributed by atoms with E-state index in [0.29, 0.717) is 5.41 Å². The van der Waals surface area contributed by atoms with Crippen molar-refractivity contribution in [3.8, 4) is 0 Å². The van der Waals surface area contributed by atoms with Gasteiger partial charge in [0.1, 0.15) is 0 Å². The third kappa shape index (κ3) is 3.71. The molecule has 0 saturated heterocycles. The standard InChI is InChI=1S/C16H32N2/c1-14(15-8-9-15)18(3)13-16(12-17-2)10-6-4-5-7-11-16/h14-15,17H,4-13H2,1-3H3. The molecule has 0 bridgehead atoms. The van der Waals surface area contributed by atoms with Crippen LogP contribution in [0.5, 0.6) is 0 Å². The van der Waals surface area contributed by atoms with Gasteiger partial charge < -0.3 is 10.2 Å². The summed E-state index contributed by atoms with van der Waals surface area (Å²) in [6, 6.07) is 0.794. The number of hydrogen-bond acceptors (Lipinski definition) is 2. The molecular formula is C16H32N2. The Kier molecular flexibility index (Phi) is 5.08. The maximum atomic E-state index is 3.47. The quantitative estimate of drug-likeness (QED) is 0.730. The molecule has 2 fully saturated rings. The zero-order chi connectivity index (χ0) is 13.0. The second-order valence-electron chi connectivity index (χ2n) is 6.94. The SMILES string of the molecule is CNCC1(CN(C)C(C)C2CC2)CCCCCC1. The van der Waals surface area contributed by atoms with E-state index in [9.17, 15) is 0 Å². The average molecular weight is 252 g/mol. The van der Waals surface area contributed by atoms with Crippen LogP contribution in [0.2, 0.25) is 0 Å². The normalized spacial score (nSPS) is 26.0. The number of nitrogens with zero attached hydrogens (tertiary/aromatic N) is 1. The lowest BCUT2D eigenvalue weighted by Crippen LogP contribution is -2.45. The molecule has 1 unspecified atom stereocenters. The van der Waals surface area contributed by atoms with Crippen molar-refractivity contribution in [2.24, 2.45) is 11.3 Å². The fourth-order valence-corrected chi connectivity index (χ4v) is 3.86. The van der Waals surface area contributed by atoms with Crippen molar-refractivity contribution in [3.05, 3.63) is 0 Å². The van der Waals surface area contributed by atoms with Crippen molar-refractivity contribution >= 4 is 0 Å². The molecule has 0 amide bonds. The Balaban J connectivity index is 1.94. The molecule has 2 saturated carbocycles. The minimum atomic E-state index is 0.545. The topological polar surface area (TPSA) is 15.3 Å². The second-order valence-corrected chi connectivity index (χ2v) is 6.94. The van der Waals surface area contributed by atoms with E-state index in [1.807, 2.05) is 0 Å². The summed E-state index contributed by atoms with van der Waals surface area (Å²) in [5.74, 6) is 0.993. The van der Waals surface area contributed by atoms with E-state index in [-0.39, 0.29) is 0 Å². The molecule has 0 aromatic rings. The van der Waals surface area contributed by atoms with Gasteiger partial charge in [0.25, 0.3) is 0 Å². The molecule has 18 heavy (non-hydrogen) atoms. The highest BCUT2D eigenvalue weighted by Gasteiger charge is 2.36. The van der Waals surface area contributed by atoms with E-state index in [2.05, 4.69) is 31.2 Å². The first-order chi connectivity index (χ1) is 8.67. The Labute approximate surface area is 114 Å². The van der Waals surface area contributed by atoms with Crippen molar-refractivity contribution in [2.45, 2.75) is 64.3 Å². The van der Waals surface area contributed by atoms with Crippen LogP contribution in [0.25, 0.3) is 0 Å². The molecular weight excluding hydrogens is 220 g/mol. The minimum absolute atomic E-state index is 0.545. The van der Waals surface area contributed by atoms with Crippen LogP contribution in [0.3, 0.4) is 0 Å². The maximum Gasteiger partial charge on any atom is 0.00923 e. The van der Waals surface area contributed by atoms with E-state index in [1.165, 1.54) is 64.5 Å². The fourth-order valence-electron chi connectivity index (χ4n) is 3.86. The molecule has 1 atom stereocenters. The Hall–Kier alpha value is -0.0800. The summed E-state index contributed by atoms with van der Waals surface area (Å²) in [7, 11) is 4.47. The summed E-state index contributed by atoms with van der Waals surface area (Å²) in [4.78, 5) is 2.65. The fraction of sp³-hybridized carbons (Fsp3) is 1.00. The summed E-state index contributed by atoms with van der Waals surface area (Å²) in [6.45, 7) is 4.93. The molecule has 2 aliphatic carbocycles. The van der Waals surface area contributed by atoms with E-state index < -0.39 is 0 Å². The lowest BCUT2D eigenvalue weighted by atomic mass is 9.79. The van der Waals surface area contributed by atoms with E-state index in [1.54, 1.807) is 0 Å². The highest BCUT2D eigenvalue weighted by Crippen LogP contribution is 2.39. The van der Waals surface area contributed by atoms with Gasteiger partial charge in [-0.15, -0.1) is 0 Å². The van der Waals surface area contributed by atoms with Gasteiger partial charge in [0.15, 0.2) is 0 Å². The molecule has 0 aromatic heterocycles. The third-order valence-corrected chi connectivity index (χ3v) is 5.30. The first kappa shape index (κ1) is 14.3. The Morgan fingerprint density at radius 2 is 1.78 bits per heavy atom. The Bertz CT molecular complexity index is 239. The monoisotopic (exact) mass is 252 g/mol. The minimum Gasteiger partial charge on any atom is -0.319 e. The zero-order valence-corrected chi connectivity index (χ0v) is 12.7. The molecule has 2 heteroatoms. The van der Waals surface area contributed by atoms with E-state index in [0.717, 1.165) is 12.0 Å². The first-order valence-electron chi connectivity index (χ1n) is 8.02. The van der Waals surface area contributed by atoms with Crippen LogP contribution in [-0.2, 0) is 0 Å². The summed E-state index contributed by atoms with van der Waals surface area (Å²) in [5, 5.41) is 3.47. The third-order valence-electron chi connectivity index (χ3n) is 5.30. The lowest BCUT2D eigenvalue weighted by molar-refractivity contribution is 0.114. The molecule has 0 aromatic carbocycles. The van der Waals surface area contributed by atoms with Gasteiger partial charge in [0.2, 0.25) is 0 Å². The van der Waals surface area contributed by atoms with Gasteiger partial charge in [-0.1, -0.05) is 25.7 Å². The van der Waals surface area contributed by atoms with Crippen molar-refractivity contribution in [1.29, 1.82) is 0 Å². The molecule has 106 valence electrons. The molecule has 0 heterocycles. The lowest BCUT2D eigenvalue weighted by Gasteiger charge is -2.39. The molecule has 0 aliphatic heterocycles. The maximum absolute atomic E-state index is 3.47.